The van der Waals surface area contributed by atoms with Gasteiger partial charge in [-0.3, -0.25) is 4.90 Å². The number of hydrogen-bond acceptors (Lipinski definition) is 2. The van der Waals surface area contributed by atoms with Crippen LogP contribution >= 0.6 is 0 Å². The maximum atomic E-state index is 6.14. The Morgan fingerprint density at radius 2 is 1.79 bits per heavy atom. The third kappa shape index (κ3) is 3.37. The molecular formula is C17H28N2. The van der Waals surface area contributed by atoms with E-state index in [4.69, 9.17) is 5.73 Å². The fourth-order valence-corrected chi connectivity index (χ4v) is 3.35. The molecule has 2 heteroatoms. The van der Waals surface area contributed by atoms with Crippen molar-refractivity contribution < 1.29 is 0 Å². The third-order valence-electron chi connectivity index (χ3n) is 4.57. The summed E-state index contributed by atoms with van der Waals surface area (Å²) in [4.78, 5) is 2.64. The summed E-state index contributed by atoms with van der Waals surface area (Å²) in [5, 5.41) is 0. The van der Waals surface area contributed by atoms with Crippen molar-refractivity contribution in [2.75, 3.05) is 13.1 Å². The van der Waals surface area contributed by atoms with Crippen LogP contribution in [0.15, 0.2) is 24.3 Å². The van der Waals surface area contributed by atoms with Crippen molar-refractivity contribution in [1.29, 1.82) is 0 Å². The first-order valence-electron chi connectivity index (χ1n) is 7.71. The molecule has 1 saturated carbocycles. The molecular weight excluding hydrogens is 232 g/mol. The molecule has 1 fully saturated rings. The summed E-state index contributed by atoms with van der Waals surface area (Å²) in [7, 11) is 0. The maximum Gasteiger partial charge on any atom is 0.0335 e. The van der Waals surface area contributed by atoms with Gasteiger partial charge in [-0.15, -0.1) is 0 Å². The highest BCUT2D eigenvalue weighted by Crippen LogP contribution is 2.35. The van der Waals surface area contributed by atoms with Crippen molar-refractivity contribution in [3.8, 4) is 0 Å². The highest BCUT2D eigenvalue weighted by Gasteiger charge is 2.37. The Hall–Kier alpha value is -0.860. The highest BCUT2D eigenvalue weighted by molar-refractivity contribution is 5.21. The summed E-state index contributed by atoms with van der Waals surface area (Å²) in [6.07, 6.45) is 6.43. The molecule has 106 valence electrons. The molecule has 2 rings (SSSR count). The Kier molecular flexibility index (Phi) is 5.00. The van der Waals surface area contributed by atoms with E-state index in [0.29, 0.717) is 0 Å². The SMILES string of the molecule is CCCN(Cc1ccc(C)cc1)C1(CN)CCCC1. The number of aryl methyl sites for hydroxylation is 1. The van der Waals surface area contributed by atoms with E-state index in [9.17, 15) is 0 Å². The summed E-state index contributed by atoms with van der Waals surface area (Å²) in [5.41, 5.74) is 9.15. The second kappa shape index (κ2) is 6.53. The first-order chi connectivity index (χ1) is 9.20. The predicted molar refractivity (Wildman–Crippen MR) is 82.1 cm³/mol. The molecule has 0 spiro atoms. The van der Waals surface area contributed by atoms with Crippen LogP contribution in [-0.4, -0.2) is 23.5 Å². The Morgan fingerprint density at radius 3 is 2.32 bits per heavy atom. The van der Waals surface area contributed by atoms with E-state index in [-0.39, 0.29) is 5.54 Å². The zero-order valence-electron chi connectivity index (χ0n) is 12.5. The van der Waals surface area contributed by atoms with Crippen molar-refractivity contribution in [3.05, 3.63) is 35.4 Å². The second-order valence-electron chi connectivity index (χ2n) is 6.04. The normalized spacial score (nSPS) is 18.1. The minimum absolute atomic E-state index is 0.265. The molecule has 0 bridgehead atoms. The molecule has 1 aromatic rings. The van der Waals surface area contributed by atoms with Gasteiger partial charge in [0, 0.05) is 18.6 Å². The van der Waals surface area contributed by atoms with Gasteiger partial charge in [-0.2, -0.15) is 0 Å². The number of nitrogens with two attached hydrogens (primary N) is 1. The molecule has 0 atom stereocenters. The van der Waals surface area contributed by atoms with Crippen LogP contribution in [0.1, 0.15) is 50.2 Å². The molecule has 1 aliphatic rings. The van der Waals surface area contributed by atoms with Gasteiger partial charge in [-0.25, -0.2) is 0 Å². The molecule has 0 aliphatic heterocycles. The monoisotopic (exact) mass is 260 g/mol. The average molecular weight is 260 g/mol. The fraction of sp³-hybridized carbons (Fsp3) is 0.647. The molecule has 19 heavy (non-hydrogen) atoms. The maximum absolute atomic E-state index is 6.14. The van der Waals surface area contributed by atoms with Crippen molar-refractivity contribution in [2.24, 2.45) is 5.73 Å². The molecule has 0 radical (unpaired) electrons. The zero-order chi connectivity index (χ0) is 13.7. The van der Waals surface area contributed by atoms with Gasteiger partial charge in [0.05, 0.1) is 0 Å². The van der Waals surface area contributed by atoms with E-state index in [1.165, 1.54) is 43.2 Å². The Labute approximate surface area is 118 Å². The fourth-order valence-electron chi connectivity index (χ4n) is 3.35. The smallest absolute Gasteiger partial charge is 0.0335 e. The van der Waals surface area contributed by atoms with E-state index in [0.717, 1.165) is 19.6 Å². The van der Waals surface area contributed by atoms with Gasteiger partial charge in [0.15, 0.2) is 0 Å². The van der Waals surface area contributed by atoms with E-state index in [2.05, 4.69) is 43.0 Å². The zero-order valence-corrected chi connectivity index (χ0v) is 12.5. The van der Waals surface area contributed by atoms with Crippen LogP contribution in [0.4, 0.5) is 0 Å². The lowest BCUT2D eigenvalue weighted by atomic mass is 9.94. The molecule has 2 nitrogen and oxygen atoms in total. The van der Waals surface area contributed by atoms with Crippen molar-refractivity contribution >= 4 is 0 Å². The van der Waals surface area contributed by atoms with Gasteiger partial charge in [0.1, 0.15) is 0 Å². The Balaban J connectivity index is 2.13. The molecule has 0 unspecified atom stereocenters. The summed E-state index contributed by atoms with van der Waals surface area (Å²) in [6, 6.07) is 8.95. The quantitative estimate of drug-likeness (QED) is 0.848. The van der Waals surface area contributed by atoms with Crippen molar-refractivity contribution in [3.63, 3.8) is 0 Å². The molecule has 0 heterocycles. The lowest BCUT2D eigenvalue weighted by Gasteiger charge is -2.41. The summed E-state index contributed by atoms with van der Waals surface area (Å²) in [5.74, 6) is 0. The van der Waals surface area contributed by atoms with Crippen LogP contribution in [0.25, 0.3) is 0 Å². The van der Waals surface area contributed by atoms with Gasteiger partial charge >= 0.3 is 0 Å². The lowest BCUT2D eigenvalue weighted by molar-refractivity contribution is 0.0904. The summed E-state index contributed by atoms with van der Waals surface area (Å²) < 4.78 is 0. The molecule has 0 saturated heterocycles. The summed E-state index contributed by atoms with van der Waals surface area (Å²) >= 11 is 0. The van der Waals surface area contributed by atoms with Gasteiger partial charge in [0.2, 0.25) is 0 Å². The first kappa shape index (κ1) is 14.5. The minimum atomic E-state index is 0.265. The minimum Gasteiger partial charge on any atom is -0.329 e. The average Bonchev–Trinajstić information content (AvgIpc) is 2.91. The highest BCUT2D eigenvalue weighted by atomic mass is 15.2. The topological polar surface area (TPSA) is 29.3 Å². The van der Waals surface area contributed by atoms with E-state index in [1.807, 2.05) is 0 Å². The van der Waals surface area contributed by atoms with Crippen LogP contribution in [0.2, 0.25) is 0 Å². The van der Waals surface area contributed by atoms with Gasteiger partial charge in [-0.05, 0) is 38.3 Å². The van der Waals surface area contributed by atoms with E-state index >= 15 is 0 Å². The lowest BCUT2D eigenvalue weighted by Crippen LogP contribution is -2.51. The van der Waals surface area contributed by atoms with Crippen molar-refractivity contribution in [2.45, 2.75) is 58.0 Å². The number of benzene rings is 1. The molecule has 1 aromatic carbocycles. The number of nitrogens with zero attached hydrogens (tertiary/aromatic N) is 1. The number of rotatable bonds is 6. The van der Waals surface area contributed by atoms with Crippen LogP contribution in [-0.2, 0) is 6.54 Å². The summed E-state index contributed by atoms with van der Waals surface area (Å²) in [6.45, 7) is 7.42. The van der Waals surface area contributed by atoms with Gasteiger partial charge < -0.3 is 5.73 Å². The van der Waals surface area contributed by atoms with Crippen LogP contribution < -0.4 is 5.73 Å². The van der Waals surface area contributed by atoms with Gasteiger partial charge in [0.25, 0.3) is 0 Å². The van der Waals surface area contributed by atoms with Crippen molar-refractivity contribution in [1.82, 2.24) is 4.90 Å². The predicted octanol–water partition coefficient (Wildman–Crippen LogP) is 3.48. The molecule has 0 aromatic heterocycles. The largest absolute Gasteiger partial charge is 0.329 e. The Morgan fingerprint density at radius 1 is 1.16 bits per heavy atom. The standard InChI is InChI=1S/C17H28N2/c1-3-12-19(17(14-18)10-4-5-11-17)13-16-8-6-15(2)7-9-16/h6-9H,3-5,10-14,18H2,1-2H3. The molecule has 1 aliphatic carbocycles. The Bertz CT molecular complexity index is 377. The first-order valence-corrected chi connectivity index (χ1v) is 7.71. The van der Waals surface area contributed by atoms with Crippen LogP contribution in [0.5, 0.6) is 0 Å². The van der Waals surface area contributed by atoms with Crippen LogP contribution in [0.3, 0.4) is 0 Å². The van der Waals surface area contributed by atoms with Gasteiger partial charge in [-0.1, -0.05) is 49.6 Å². The second-order valence-corrected chi connectivity index (χ2v) is 6.04. The third-order valence-corrected chi connectivity index (χ3v) is 4.57. The number of hydrogen-bond donors (Lipinski definition) is 1. The van der Waals surface area contributed by atoms with E-state index < -0.39 is 0 Å². The van der Waals surface area contributed by atoms with E-state index in [1.54, 1.807) is 0 Å². The molecule has 2 N–H and O–H groups in total. The molecule has 0 amide bonds. The van der Waals surface area contributed by atoms with Crippen LogP contribution in [0, 0.1) is 6.92 Å².